The Balaban J connectivity index is 2.64. The van der Waals surface area contributed by atoms with Crippen LogP contribution in [0.25, 0.3) is 11.1 Å². The van der Waals surface area contributed by atoms with Gasteiger partial charge >= 0.3 is 0 Å². The summed E-state index contributed by atoms with van der Waals surface area (Å²) in [6.07, 6.45) is 3.81. The molecule has 1 N–H and O–H groups in total. The number of phenols is 1. The number of thiol groups is 1. The lowest BCUT2D eigenvalue weighted by molar-refractivity contribution is 0.459. The van der Waals surface area contributed by atoms with Gasteiger partial charge in [0.1, 0.15) is 5.75 Å². The summed E-state index contributed by atoms with van der Waals surface area (Å²) in [4.78, 5) is 0.959. The molecule has 0 atom stereocenters. The van der Waals surface area contributed by atoms with Crippen molar-refractivity contribution in [1.29, 1.82) is 0 Å². The molecule has 0 unspecified atom stereocenters. The van der Waals surface area contributed by atoms with Crippen LogP contribution in [0.3, 0.4) is 0 Å². The highest BCUT2D eigenvalue weighted by Crippen LogP contribution is 2.39. The Morgan fingerprint density at radius 2 is 1.65 bits per heavy atom. The molecule has 2 aromatic carbocycles. The third-order valence-corrected chi connectivity index (χ3v) is 3.89. The van der Waals surface area contributed by atoms with Crippen LogP contribution in [0.5, 0.6) is 5.75 Å². The first-order chi connectivity index (χ1) is 9.69. The summed E-state index contributed by atoms with van der Waals surface area (Å²) in [5.41, 5.74) is 4.25. The van der Waals surface area contributed by atoms with Gasteiger partial charge in [-0.15, -0.1) is 12.6 Å². The molecule has 0 aliphatic rings. The van der Waals surface area contributed by atoms with Gasteiger partial charge < -0.3 is 5.11 Å². The van der Waals surface area contributed by atoms with Crippen molar-refractivity contribution in [1.82, 2.24) is 0 Å². The molecule has 106 valence electrons. The molecule has 2 aromatic rings. The van der Waals surface area contributed by atoms with E-state index in [1.165, 1.54) is 0 Å². The van der Waals surface area contributed by atoms with E-state index in [-0.39, 0.29) is 0 Å². The Hall–Kier alpha value is -1.41. The predicted molar refractivity (Wildman–Crippen MR) is 88.8 cm³/mol. The van der Waals surface area contributed by atoms with E-state index in [2.05, 4.69) is 38.6 Å². The molecule has 0 heterocycles. The van der Waals surface area contributed by atoms with E-state index < -0.39 is 0 Å². The first-order valence-electron chi connectivity index (χ1n) is 7.31. The second-order valence-electron chi connectivity index (χ2n) is 5.12. The van der Waals surface area contributed by atoms with E-state index in [0.29, 0.717) is 5.75 Å². The van der Waals surface area contributed by atoms with Crippen LogP contribution in [-0.2, 0) is 12.8 Å². The third kappa shape index (κ3) is 3.01. The van der Waals surface area contributed by atoms with Crippen molar-refractivity contribution in [2.45, 2.75) is 44.4 Å². The number of hydrogen-bond donors (Lipinski definition) is 2. The van der Waals surface area contributed by atoms with Crippen molar-refractivity contribution in [2.75, 3.05) is 0 Å². The highest BCUT2D eigenvalue weighted by Gasteiger charge is 2.16. The summed E-state index contributed by atoms with van der Waals surface area (Å²) >= 11 is 4.67. The number of aromatic hydroxyl groups is 1. The van der Waals surface area contributed by atoms with E-state index >= 15 is 0 Å². The number of phenolic OH excluding ortho intramolecular Hbond substituents is 1. The Morgan fingerprint density at radius 3 is 2.25 bits per heavy atom. The molecule has 0 aliphatic heterocycles. The summed E-state index contributed by atoms with van der Waals surface area (Å²) in [7, 11) is 0. The van der Waals surface area contributed by atoms with Crippen molar-refractivity contribution in [3.63, 3.8) is 0 Å². The van der Waals surface area contributed by atoms with Crippen molar-refractivity contribution >= 4 is 12.6 Å². The van der Waals surface area contributed by atoms with Gasteiger partial charge in [0, 0.05) is 16.0 Å². The van der Waals surface area contributed by atoms with E-state index in [9.17, 15) is 5.11 Å². The average Bonchev–Trinajstić information content (AvgIpc) is 2.45. The third-order valence-electron chi connectivity index (χ3n) is 3.54. The second kappa shape index (κ2) is 6.85. The summed E-state index contributed by atoms with van der Waals surface area (Å²) in [5.74, 6) is 0.463. The topological polar surface area (TPSA) is 20.2 Å². The van der Waals surface area contributed by atoms with Gasteiger partial charge in [-0.3, -0.25) is 0 Å². The number of hydrogen-bond acceptors (Lipinski definition) is 2. The van der Waals surface area contributed by atoms with Crippen LogP contribution in [0.2, 0.25) is 0 Å². The van der Waals surface area contributed by atoms with Crippen LogP contribution in [0.15, 0.2) is 41.3 Å². The summed E-state index contributed by atoms with van der Waals surface area (Å²) in [6.45, 7) is 4.27. The van der Waals surface area contributed by atoms with Gasteiger partial charge in [-0.1, -0.05) is 57.0 Å². The first kappa shape index (κ1) is 15.0. The maximum absolute atomic E-state index is 10.6. The molecule has 0 aliphatic carbocycles. The minimum Gasteiger partial charge on any atom is -0.507 e. The maximum Gasteiger partial charge on any atom is 0.122 e. The van der Waals surface area contributed by atoms with Crippen LogP contribution in [0.4, 0.5) is 0 Å². The Bertz CT molecular complexity index is 576. The number of rotatable bonds is 5. The molecule has 0 radical (unpaired) electrons. The van der Waals surface area contributed by atoms with Gasteiger partial charge in [0.05, 0.1) is 0 Å². The molecule has 1 nitrogen and oxygen atoms in total. The zero-order chi connectivity index (χ0) is 14.5. The quantitative estimate of drug-likeness (QED) is 0.719. The number of benzene rings is 2. The lowest BCUT2D eigenvalue weighted by Gasteiger charge is -2.17. The van der Waals surface area contributed by atoms with E-state index in [0.717, 1.165) is 52.8 Å². The van der Waals surface area contributed by atoms with Gasteiger partial charge in [-0.25, -0.2) is 0 Å². The highest BCUT2D eigenvalue weighted by molar-refractivity contribution is 7.80. The van der Waals surface area contributed by atoms with E-state index in [4.69, 9.17) is 0 Å². The van der Waals surface area contributed by atoms with Crippen LogP contribution in [0.1, 0.15) is 37.8 Å². The monoisotopic (exact) mass is 286 g/mol. The molecule has 20 heavy (non-hydrogen) atoms. The van der Waals surface area contributed by atoms with Crippen LogP contribution in [-0.4, -0.2) is 5.11 Å². The van der Waals surface area contributed by atoms with Crippen molar-refractivity contribution < 1.29 is 5.11 Å². The molecular formula is C18H22OS. The molecule has 0 spiro atoms. The molecule has 0 amide bonds. The normalized spacial score (nSPS) is 10.8. The molecular weight excluding hydrogens is 264 g/mol. The van der Waals surface area contributed by atoms with E-state index in [1.807, 2.05) is 24.3 Å². The van der Waals surface area contributed by atoms with E-state index in [1.54, 1.807) is 0 Å². The molecule has 0 saturated heterocycles. The highest BCUT2D eigenvalue weighted by atomic mass is 32.1. The SMILES string of the molecule is CCCc1cc(S)c(-c2ccccc2)c(CCC)c1O. The fourth-order valence-corrected chi connectivity index (χ4v) is 3.07. The second-order valence-corrected chi connectivity index (χ2v) is 5.60. The van der Waals surface area contributed by atoms with Crippen LogP contribution in [0, 0.1) is 0 Å². The molecule has 2 rings (SSSR count). The zero-order valence-electron chi connectivity index (χ0n) is 12.2. The Labute approximate surface area is 127 Å². The summed E-state index contributed by atoms with van der Waals surface area (Å²) in [6, 6.07) is 12.2. The lowest BCUT2D eigenvalue weighted by Crippen LogP contribution is -1.97. The van der Waals surface area contributed by atoms with Crippen molar-refractivity contribution in [3.8, 4) is 16.9 Å². The predicted octanol–water partition coefficient (Wildman–Crippen LogP) is 5.25. The lowest BCUT2D eigenvalue weighted by atomic mass is 9.92. The van der Waals surface area contributed by atoms with Gasteiger partial charge in [-0.2, -0.15) is 0 Å². The first-order valence-corrected chi connectivity index (χ1v) is 7.75. The molecule has 0 bridgehead atoms. The van der Waals surface area contributed by atoms with Crippen molar-refractivity contribution in [2.24, 2.45) is 0 Å². The average molecular weight is 286 g/mol. The molecule has 2 heteroatoms. The minimum atomic E-state index is 0.463. The van der Waals surface area contributed by atoms with Crippen LogP contribution < -0.4 is 0 Å². The van der Waals surface area contributed by atoms with Crippen molar-refractivity contribution in [3.05, 3.63) is 47.5 Å². The fraction of sp³-hybridized carbons (Fsp3) is 0.333. The molecule has 0 saturated carbocycles. The van der Waals surface area contributed by atoms with Gasteiger partial charge in [0.2, 0.25) is 0 Å². The largest absolute Gasteiger partial charge is 0.507 e. The summed E-state index contributed by atoms with van der Waals surface area (Å²) < 4.78 is 0. The summed E-state index contributed by atoms with van der Waals surface area (Å²) in [5, 5.41) is 10.6. The Morgan fingerprint density at radius 1 is 1.00 bits per heavy atom. The maximum atomic E-state index is 10.6. The minimum absolute atomic E-state index is 0.463. The van der Waals surface area contributed by atoms with Gasteiger partial charge in [0.15, 0.2) is 0 Å². The molecule has 0 fully saturated rings. The fourth-order valence-electron chi connectivity index (χ4n) is 2.65. The smallest absolute Gasteiger partial charge is 0.122 e. The van der Waals surface area contributed by atoms with Gasteiger partial charge in [0.25, 0.3) is 0 Å². The standard InChI is InChI=1S/C18H22OS/c1-3-8-14-12-16(20)17(13-10-6-5-7-11-13)15(9-4-2)18(14)19/h5-7,10-12,19-20H,3-4,8-9H2,1-2H3. The Kier molecular flexibility index (Phi) is 5.13. The van der Waals surface area contributed by atoms with Gasteiger partial charge in [-0.05, 0) is 30.0 Å². The molecule has 0 aromatic heterocycles. The number of aryl methyl sites for hydroxylation is 1. The zero-order valence-corrected chi connectivity index (χ0v) is 13.1. The van der Waals surface area contributed by atoms with Crippen LogP contribution >= 0.6 is 12.6 Å².